The third-order valence-corrected chi connectivity index (χ3v) is 5.18. The largest absolute Gasteiger partial charge is 0.462 e. The smallest absolute Gasteiger partial charge is 0.251 e. The van der Waals surface area contributed by atoms with Gasteiger partial charge in [-0.3, -0.25) is 9.20 Å². The number of nitrogens with one attached hydrogen (secondary N) is 2. The zero-order chi connectivity index (χ0) is 20.5. The van der Waals surface area contributed by atoms with Gasteiger partial charge in [0.25, 0.3) is 5.91 Å². The number of nitrogens with two attached hydrogens (primary N) is 1. The number of hydrogen-bond acceptors (Lipinski definition) is 7. The molecule has 3 aromatic heterocycles. The molecule has 4 heterocycles. The number of nitrogens with zero attached hydrogens (tertiary/aromatic N) is 4. The molecule has 0 radical (unpaired) electrons. The van der Waals surface area contributed by atoms with Crippen molar-refractivity contribution in [2.24, 2.45) is 5.73 Å². The van der Waals surface area contributed by atoms with Crippen LogP contribution in [0, 0.1) is 0 Å². The Balaban J connectivity index is 1.41. The molecule has 1 saturated heterocycles. The maximum atomic E-state index is 11.4. The predicted molar refractivity (Wildman–Crippen MR) is 114 cm³/mol. The minimum Gasteiger partial charge on any atom is -0.462 e. The van der Waals surface area contributed by atoms with E-state index < -0.39 is 5.91 Å². The van der Waals surface area contributed by atoms with E-state index >= 15 is 0 Å². The number of rotatable bonds is 5. The molecule has 1 fully saturated rings. The summed E-state index contributed by atoms with van der Waals surface area (Å²) < 4.78 is 7.35. The van der Waals surface area contributed by atoms with Crippen LogP contribution in [0.5, 0.6) is 0 Å². The molecule has 9 heteroatoms. The predicted octanol–water partition coefficient (Wildman–Crippen LogP) is 2.24. The minimum absolute atomic E-state index is 0.310. The van der Waals surface area contributed by atoms with E-state index in [2.05, 4.69) is 37.6 Å². The van der Waals surface area contributed by atoms with E-state index in [1.54, 1.807) is 18.5 Å². The molecule has 4 N–H and O–H groups in total. The molecular formula is C21H21N7O2. The van der Waals surface area contributed by atoms with Gasteiger partial charge in [0.1, 0.15) is 12.0 Å². The number of carbonyl (C=O) groups excluding carboxylic acids is 1. The Bertz CT molecular complexity index is 1190. The van der Waals surface area contributed by atoms with Crippen LogP contribution in [-0.2, 0) is 0 Å². The first kappa shape index (κ1) is 18.2. The number of carbonyl (C=O) groups is 1. The van der Waals surface area contributed by atoms with Gasteiger partial charge in [0.05, 0.1) is 11.8 Å². The van der Waals surface area contributed by atoms with Crippen LogP contribution in [0.3, 0.4) is 0 Å². The molecule has 1 aromatic carbocycles. The van der Waals surface area contributed by atoms with Crippen molar-refractivity contribution >= 4 is 28.7 Å². The van der Waals surface area contributed by atoms with Crippen molar-refractivity contribution in [3.8, 4) is 11.5 Å². The minimum atomic E-state index is -0.539. The van der Waals surface area contributed by atoms with Crippen molar-refractivity contribution in [2.45, 2.75) is 0 Å². The van der Waals surface area contributed by atoms with Crippen LogP contribution in [0.4, 0.5) is 17.2 Å². The summed E-state index contributed by atoms with van der Waals surface area (Å²) in [6.07, 6.45) is 6.52. The quantitative estimate of drug-likeness (QED) is 0.468. The van der Waals surface area contributed by atoms with Crippen LogP contribution < -0.4 is 21.3 Å². The summed E-state index contributed by atoms with van der Waals surface area (Å²) in [5.41, 5.74) is 9.08. The molecule has 30 heavy (non-hydrogen) atoms. The number of fused-ring (bicyclic) bond motifs is 1. The van der Waals surface area contributed by atoms with E-state index in [1.165, 1.54) is 12.0 Å². The van der Waals surface area contributed by atoms with Crippen molar-refractivity contribution in [3.05, 3.63) is 60.7 Å². The summed E-state index contributed by atoms with van der Waals surface area (Å²) in [7, 11) is 0. The van der Waals surface area contributed by atoms with Gasteiger partial charge >= 0.3 is 0 Å². The van der Waals surface area contributed by atoms with E-state index in [0.717, 1.165) is 31.9 Å². The first-order valence-electron chi connectivity index (χ1n) is 9.72. The molecule has 5 rings (SSSR count). The second kappa shape index (κ2) is 7.53. The number of hydrogen-bond donors (Lipinski definition) is 3. The number of imidazole rings is 1. The first-order chi connectivity index (χ1) is 14.7. The third-order valence-electron chi connectivity index (χ3n) is 5.18. The molecule has 1 amide bonds. The average Bonchev–Trinajstić information content (AvgIpc) is 3.46. The average molecular weight is 403 g/mol. The molecule has 0 unspecified atom stereocenters. The van der Waals surface area contributed by atoms with Crippen molar-refractivity contribution in [1.82, 2.24) is 19.7 Å². The van der Waals surface area contributed by atoms with Gasteiger partial charge in [-0.25, -0.2) is 9.97 Å². The van der Waals surface area contributed by atoms with E-state index in [1.807, 2.05) is 22.7 Å². The first-order valence-corrected chi connectivity index (χ1v) is 9.72. The highest BCUT2D eigenvalue weighted by molar-refractivity contribution is 5.93. The fourth-order valence-corrected chi connectivity index (χ4v) is 3.60. The highest BCUT2D eigenvalue weighted by Crippen LogP contribution is 2.27. The summed E-state index contributed by atoms with van der Waals surface area (Å²) in [4.78, 5) is 22.7. The highest BCUT2D eigenvalue weighted by Gasteiger charge is 2.15. The number of aromatic nitrogens is 3. The standard InChI is InChI=1S/C21H21N7O2/c22-19(29)14-11-18(30-13-14)17-12-25-20(21-24-7-10-28(17)21)26-15-1-3-16(4-2-15)27-8-5-23-6-9-27/h1-4,7,10-13,23H,5-6,8-9H2,(H2,22,29)(H,25,26). The van der Waals surface area contributed by atoms with Crippen LogP contribution in [0.25, 0.3) is 17.1 Å². The molecule has 0 spiro atoms. The van der Waals surface area contributed by atoms with E-state index in [4.69, 9.17) is 10.2 Å². The molecule has 4 aromatic rings. The molecule has 152 valence electrons. The number of anilines is 3. The summed E-state index contributed by atoms with van der Waals surface area (Å²) in [5.74, 6) is 0.578. The normalized spacial score (nSPS) is 14.2. The molecule has 0 bridgehead atoms. The van der Waals surface area contributed by atoms with Crippen LogP contribution in [0.1, 0.15) is 10.4 Å². The lowest BCUT2D eigenvalue weighted by Gasteiger charge is -2.29. The van der Waals surface area contributed by atoms with E-state index in [-0.39, 0.29) is 0 Å². The zero-order valence-electron chi connectivity index (χ0n) is 16.2. The van der Waals surface area contributed by atoms with Gasteiger partial charge in [-0.1, -0.05) is 0 Å². The number of amides is 1. The van der Waals surface area contributed by atoms with Crippen LogP contribution in [0.2, 0.25) is 0 Å². The monoisotopic (exact) mass is 403 g/mol. The Morgan fingerprint density at radius 1 is 1.17 bits per heavy atom. The number of piperazine rings is 1. The highest BCUT2D eigenvalue weighted by atomic mass is 16.3. The van der Waals surface area contributed by atoms with Crippen molar-refractivity contribution in [2.75, 3.05) is 36.4 Å². The molecule has 9 nitrogen and oxygen atoms in total. The zero-order valence-corrected chi connectivity index (χ0v) is 16.2. The third kappa shape index (κ3) is 3.35. The van der Waals surface area contributed by atoms with Crippen molar-refractivity contribution in [3.63, 3.8) is 0 Å². The van der Waals surface area contributed by atoms with Crippen molar-refractivity contribution < 1.29 is 9.21 Å². The SMILES string of the molecule is NC(=O)c1coc(-c2cnc(Nc3ccc(N4CCNCC4)cc3)c3nccn23)c1. The van der Waals surface area contributed by atoms with Gasteiger partial charge in [0.2, 0.25) is 0 Å². The topological polar surface area (TPSA) is 114 Å². The molecule has 0 atom stereocenters. The number of primary amides is 1. The van der Waals surface area contributed by atoms with Gasteiger partial charge in [-0.05, 0) is 30.3 Å². The van der Waals surface area contributed by atoms with Gasteiger partial charge in [-0.2, -0.15) is 0 Å². The van der Waals surface area contributed by atoms with Gasteiger partial charge in [0.15, 0.2) is 17.2 Å². The Morgan fingerprint density at radius 2 is 1.97 bits per heavy atom. The van der Waals surface area contributed by atoms with Crippen molar-refractivity contribution in [1.29, 1.82) is 0 Å². The fraction of sp³-hybridized carbons (Fsp3) is 0.190. The lowest BCUT2D eigenvalue weighted by Crippen LogP contribution is -2.43. The molecule has 1 aliphatic heterocycles. The van der Waals surface area contributed by atoms with Gasteiger partial charge < -0.3 is 25.7 Å². The summed E-state index contributed by atoms with van der Waals surface area (Å²) in [6.45, 7) is 4.03. The summed E-state index contributed by atoms with van der Waals surface area (Å²) >= 11 is 0. The Kier molecular flexibility index (Phi) is 4.56. The Hall–Kier alpha value is -3.85. The lowest BCUT2D eigenvalue weighted by molar-refractivity contribution is 0.0999. The second-order valence-electron chi connectivity index (χ2n) is 7.09. The van der Waals surface area contributed by atoms with Crippen LogP contribution >= 0.6 is 0 Å². The fourth-order valence-electron chi connectivity index (χ4n) is 3.60. The summed E-state index contributed by atoms with van der Waals surface area (Å²) in [5, 5.41) is 6.70. The maximum absolute atomic E-state index is 11.4. The van der Waals surface area contributed by atoms with Gasteiger partial charge in [0, 0.05) is 49.9 Å². The van der Waals surface area contributed by atoms with Crippen LogP contribution in [0.15, 0.2) is 59.6 Å². The molecule has 1 aliphatic rings. The molecule has 0 saturated carbocycles. The number of furan rings is 1. The number of benzene rings is 1. The maximum Gasteiger partial charge on any atom is 0.251 e. The molecule has 0 aliphatic carbocycles. The van der Waals surface area contributed by atoms with E-state index in [0.29, 0.717) is 28.5 Å². The molecular weight excluding hydrogens is 382 g/mol. The van der Waals surface area contributed by atoms with Crippen LogP contribution in [-0.4, -0.2) is 46.5 Å². The van der Waals surface area contributed by atoms with E-state index in [9.17, 15) is 4.79 Å². The Labute approximate surface area is 172 Å². The van der Waals surface area contributed by atoms with Gasteiger partial charge in [-0.15, -0.1) is 0 Å². The lowest BCUT2D eigenvalue weighted by atomic mass is 10.2. The summed E-state index contributed by atoms with van der Waals surface area (Å²) in [6, 6.07) is 9.90. The Morgan fingerprint density at radius 3 is 2.70 bits per heavy atom. The second-order valence-corrected chi connectivity index (χ2v) is 7.09.